The summed E-state index contributed by atoms with van der Waals surface area (Å²) in [6, 6.07) is 0. The maximum absolute atomic E-state index is 11.3. The van der Waals surface area contributed by atoms with Crippen molar-refractivity contribution in [1.29, 1.82) is 0 Å². The van der Waals surface area contributed by atoms with Crippen LogP contribution < -0.4 is 11.1 Å². The zero-order valence-corrected chi connectivity index (χ0v) is 19.8. The smallest absolute Gasteiger partial charge is 0.217 e. The molecule has 0 saturated carbocycles. The number of nitrogens with zero attached hydrogens (tertiary/aromatic N) is 3. The number of carbonyl (C=O) groups excluding carboxylic acids is 1. The predicted octanol–water partition coefficient (Wildman–Crippen LogP) is 2.53. The molecule has 0 spiro atoms. The highest BCUT2D eigenvalue weighted by Crippen LogP contribution is 2.21. The number of nitrogens with two attached hydrogens (primary N) is 1. The number of piperidine rings is 2. The van der Waals surface area contributed by atoms with Crippen LogP contribution in [0.5, 0.6) is 0 Å². The van der Waals surface area contributed by atoms with Gasteiger partial charge in [-0.1, -0.05) is 13.8 Å². The lowest BCUT2D eigenvalue weighted by atomic mass is 9.94. The molecule has 2 aliphatic rings. The average Bonchev–Trinajstić information content (AvgIpc) is 2.58. The zero-order valence-electron chi connectivity index (χ0n) is 17.5. The van der Waals surface area contributed by atoms with Gasteiger partial charge in [-0.05, 0) is 56.9 Å². The Balaban J connectivity index is 0.00000364. The minimum Gasteiger partial charge on any atom is -0.370 e. The second-order valence-corrected chi connectivity index (χ2v) is 8.48. The molecular weight excluding hydrogens is 453 g/mol. The van der Waals surface area contributed by atoms with Crippen molar-refractivity contribution in [2.24, 2.45) is 28.5 Å². The monoisotopic (exact) mass is 493 g/mol. The van der Waals surface area contributed by atoms with Gasteiger partial charge >= 0.3 is 0 Å². The van der Waals surface area contributed by atoms with Crippen molar-refractivity contribution in [3.05, 3.63) is 0 Å². The van der Waals surface area contributed by atoms with E-state index in [-0.39, 0.29) is 29.9 Å². The Labute approximate surface area is 182 Å². The molecular formula is C20H40IN5O. The van der Waals surface area contributed by atoms with Crippen LogP contribution in [0.3, 0.4) is 0 Å². The molecule has 1 amide bonds. The minimum absolute atomic E-state index is 0. The van der Waals surface area contributed by atoms with Crippen molar-refractivity contribution in [3.8, 4) is 0 Å². The number of hydrogen-bond acceptors (Lipinski definition) is 3. The maximum Gasteiger partial charge on any atom is 0.217 e. The molecule has 3 N–H and O–H groups in total. The first-order chi connectivity index (χ1) is 12.5. The molecule has 2 aliphatic heterocycles. The van der Waals surface area contributed by atoms with E-state index in [4.69, 9.17) is 10.7 Å². The fourth-order valence-corrected chi connectivity index (χ4v) is 4.33. The van der Waals surface area contributed by atoms with Gasteiger partial charge in [-0.25, -0.2) is 0 Å². The number of hydrogen-bond donors (Lipinski definition) is 2. The van der Waals surface area contributed by atoms with Crippen LogP contribution in [-0.4, -0.2) is 67.5 Å². The Morgan fingerprint density at radius 2 is 1.89 bits per heavy atom. The van der Waals surface area contributed by atoms with Crippen molar-refractivity contribution in [3.63, 3.8) is 0 Å². The highest BCUT2D eigenvalue weighted by Gasteiger charge is 2.24. The molecule has 0 aromatic carbocycles. The molecule has 0 aromatic heterocycles. The molecule has 158 valence electrons. The molecule has 0 aromatic rings. The molecule has 2 unspecified atom stereocenters. The molecule has 2 rings (SSSR count). The second kappa shape index (κ2) is 12.8. The average molecular weight is 493 g/mol. The van der Waals surface area contributed by atoms with Crippen LogP contribution in [0, 0.1) is 17.8 Å². The zero-order chi connectivity index (χ0) is 18.9. The molecule has 2 atom stereocenters. The maximum atomic E-state index is 11.3. The molecule has 2 heterocycles. The quantitative estimate of drug-likeness (QED) is 0.325. The van der Waals surface area contributed by atoms with E-state index in [1.54, 1.807) is 0 Å². The first-order valence-electron chi connectivity index (χ1n) is 10.5. The lowest BCUT2D eigenvalue weighted by Crippen LogP contribution is -2.47. The lowest BCUT2D eigenvalue weighted by Gasteiger charge is -2.36. The van der Waals surface area contributed by atoms with E-state index in [0.717, 1.165) is 50.9 Å². The Bertz CT molecular complexity index is 471. The molecule has 2 fully saturated rings. The van der Waals surface area contributed by atoms with E-state index in [0.29, 0.717) is 18.3 Å². The van der Waals surface area contributed by atoms with E-state index in [1.165, 1.54) is 32.5 Å². The van der Waals surface area contributed by atoms with Gasteiger partial charge in [-0.15, -0.1) is 24.0 Å². The minimum atomic E-state index is -0.189. The largest absolute Gasteiger partial charge is 0.370 e. The topological polar surface area (TPSA) is 74.0 Å². The van der Waals surface area contributed by atoms with Gasteiger partial charge < -0.3 is 20.9 Å². The van der Waals surface area contributed by atoms with Gasteiger partial charge in [0.2, 0.25) is 5.91 Å². The first-order valence-corrected chi connectivity index (χ1v) is 10.5. The lowest BCUT2D eigenvalue weighted by molar-refractivity contribution is -0.119. The molecule has 0 radical (unpaired) electrons. The van der Waals surface area contributed by atoms with Gasteiger partial charge in [0, 0.05) is 45.7 Å². The van der Waals surface area contributed by atoms with Gasteiger partial charge in [-0.3, -0.25) is 9.79 Å². The summed E-state index contributed by atoms with van der Waals surface area (Å²) < 4.78 is 0. The van der Waals surface area contributed by atoms with Crippen molar-refractivity contribution < 1.29 is 4.79 Å². The molecule has 6 nitrogen and oxygen atoms in total. The van der Waals surface area contributed by atoms with Crippen molar-refractivity contribution in [2.45, 2.75) is 52.9 Å². The molecule has 27 heavy (non-hydrogen) atoms. The third kappa shape index (κ3) is 8.98. The number of amides is 1. The van der Waals surface area contributed by atoms with Crippen molar-refractivity contribution in [2.75, 3.05) is 45.8 Å². The Morgan fingerprint density at radius 3 is 2.56 bits per heavy atom. The standard InChI is InChI=1S/C20H39N5O.HI/c1-4-22-20(25-10-6-7-17(15-25)11-19(21)26)23-12-18-8-5-9-24(14-18)13-16(2)3;/h16-18H,4-15H2,1-3H3,(H2,21,26)(H,22,23);1H. The third-order valence-corrected chi connectivity index (χ3v) is 5.37. The molecule has 0 aliphatic carbocycles. The van der Waals surface area contributed by atoms with Crippen LogP contribution in [0.25, 0.3) is 0 Å². The molecule has 2 saturated heterocycles. The van der Waals surface area contributed by atoms with E-state index in [9.17, 15) is 4.79 Å². The van der Waals surface area contributed by atoms with Crippen molar-refractivity contribution in [1.82, 2.24) is 15.1 Å². The fourth-order valence-electron chi connectivity index (χ4n) is 4.33. The molecule has 7 heteroatoms. The summed E-state index contributed by atoms with van der Waals surface area (Å²) >= 11 is 0. The highest BCUT2D eigenvalue weighted by molar-refractivity contribution is 14.0. The number of rotatable bonds is 7. The van der Waals surface area contributed by atoms with Crippen LogP contribution in [-0.2, 0) is 4.79 Å². The normalized spacial score (nSPS) is 24.6. The number of aliphatic imine (C=N–C) groups is 1. The second-order valence-electron chi connectivity index (χ2n) is 8.48. The summed E-state index contributed by atoms with van der Waals surface area (Å²) in [5, 5.41) is 3.46. The van der Waals surface area contributed by atoms with Crippen LogP contribution in [0.2, 0.25) is 0 Å². The summed E-state index contributed by atoms with van der Waals surface area (Å²) in [6.07, 6.45) is 5.25. The number of halogens is 1. The van der Waals surface area contributed by atoms with Gasteiger partial charge in [0.1, 0.15) is 0 Å². The summed E-state index contributed by atoms with van der Waals surface area (Å²) in [5.41, 5.74) is 5.40. The number of primary amides is 1. The summed E-state index contributed by atoms with van der Waals surface area (Å²) in [7, 11) is 0. The van der Waals surface area contributed by atoms with Crippen LogP contribution >= 0.6 is 24.0 Å². The van der Waals surface area contributed by atoms with Gasteiger partial charge in [0.15, 0.2) is 5.96 Å². The van der Waals surface area contributed by atoms with Crippen LogP contribution in [0.4, 0.5) is 0 Å². The van der Waals surface area contributed by atoms with E-state index in [1.807, 2.05) is 0 Å². The summed E-state index contributed by atoms with van der Waals surface area (Å²) in [5.74, 6) is 2.57. The number of nitrogens with one attached hydrogen (secondary N) is 1. The fraction of sp³-hybridized carbons (Fsp3) is 0.900. The van der Waals surface area contributed by atoms with E-state index < -0.39 is 0 Å². The Hall–Kier alpha value is -0.570. The third-order valence-electron chi connectivity index (χ3n) is 5.37. The van der Waals surface area contributed by atoms with Crippen molar-refractivity contribution >= 4 is 35.8 Å². The van der Waals surface area contributed by atoms with E-state index >= 15 is 0 Å². The van der Waals surface area contributed by atoms with Gasteiger partial charge in [-0.2, -0.15) is 0 Å². The predicted molar refractivity (Wildman–Crippen MR) is 124 cm³/mol. The molecule has 0 bridgehead atoms. The number of likely N-dealkylation sites (tertiary alicyclic amines) is 2. The number of carbonyl (C=O) groups is 1. The van der Waals surface area contributed by atoms with Crippen LogP contribution in [0.15, 0.2) is 4.99 Å². The highest BCUT2D eigenvalue weighted by atomic mass is 127. The summed E-state index contributed by atoms with van der Waals surface area (Å²) in [4.78, 5) is 21.2. The number of guanidine groups is 1. The van der Waals surface area contributed by atoms with Gasteiger partial charge in [0.25, 0.3) is 0 Å². The van der Waals surface area contributed by atoms with Crippen LogP contribution in [0.1, 0.15) is 52.9 Å². The SMILES string of the molecule is CCNC(=NCC1CCCN(CC(C)C)C1)N1CCCC(CC(N)=O)C1.I. The van der Waals surface area contributed by atoms with E-state index in [2.05, 4.69) is 35.9 Å². The summed E-state index contributed by atoms with van der Waals surface area (Å²) in [6.45, 7) is 14.0. The Kier molecular flexibility index (Phi) is 11.6. The first kappa shape index (κ1) is 24.5. The Morgan fingerprint density at radius 1 is 1.19 bits per heavy atom. The van der Waals surface area contributed by atoms with Gasteiger partial charge in [0.05, 0.1) is 0 Å².